The number of benzene rings is 2. The third-order valence-corrected chi connectivity index (χ3v) is 4.15. The third-order valence-electron chi connectivity index (χ3n) is 4.15. The number of aromatic nitrogens is 6. The molecule has 0 aliphatic carbocycles. The molecule has 5 aromatic rings. The van der Waals surface area contributed by atoms with Crippen LogP contribution in [0.25, 0.3) is 33.8 Å². The van der Waals surface area contributed by atoms with Crippen LogP contribution in [0.15, 0.2) is 61.1 Å². The highest BCUT2D eigenvalue weighted by Gasteiger charge is 2.15. The van der Waals surface area contributed by atoms with Gasteiger partial charge in [0.15, 0.2) is 17.1 Å². The van der Waals surface area contributed by atoms with Gasteiger partial charge in [-0.1, -0.05) is 12.1 Å². The zero-order valence-electron chi connectivity index (χ0n) is 13.3. The summed E-state index contributed by atoms with van der Waals surface area (Å²) in [7, 11) is 0. The molecule has 0 saturated carbocycles. The van der Waals surface area contributed by atoms with E-state index >= 15 is 0 Å². The standard InChI is InChI=1S/C18H11FN6O/c19-12-4-6-13(7-5-12)25-17-15(9-21-25)18-23-22-16(24(18)10-20-17)11-2-1-3-14(26)8-11/h1-10,26H. The molecule has 126 valence electrons. The van der Waals surface area contributed by atoms with E-state index in [1.165, 1.54) is 12.1 Å². The first-order valence-electron chi connectivity index (χ1n) is 7.83. The van der Waals surface area contributed by atoms with Gasteiger partial charge in [0.1, 0.15) is 17.9 Å². The number of hydrogen-bond donors (Lipinski definition) is 1. The number of phenolic OH excluding ortho intramolecular Hbond substituents is 1. The number of rotatable bonds is 2. The van der Waals surface area contributed by atoms with Gasteiger partial charge in [-0.2, -0.15) is 5.10 Å². The van der Waals surface area contributed by atoms with E-state index in [0.29, 0.717) is 22.8 Å². The van der Waals surface area contributed by atoms with Crippen LogP contribution < -0.4 is 0 Å². The summed E-state index contributed by atoms with van der Waals surface area (Å²) in [4.78, 5) is 4.48. The van der Waals surface area contributed by atoms with Crippen molar-refractivity contribution in [3.63, 3.8) is 0 Å². The Morgan fingerprint density at radius 3 is 2.62 bits per heavy atom. The van der Waals surface area contributed by atoms with Crippen molar-refractivity contribution in [1.29, 1.82) is 0 Å². The average Bonchev–Trinajstić information content (AvgIpc) is 3.26. The first-order chi connectivity index (χ1) is 12.7. The maximum Gasteiger partial charge on any atom is 0.175 e. The van der Waals surface area contributed by atoms with Crippen LogP contribution in [-0.4, -0.2) is 34.5 Å². The molecule has 3 aromatic heterocycles. The van der Waals surface area contributed by atoms with Crippen LogP contribution in [0.4, 0.5) is 4.39 Å². The minimum absolute atomic E-state index is 0.150. The van der Waals surface area contributed by atoms with Gasteiger partial charge in [-0.25, -0.2) is 14.1 Å². The van der Waals surface area contributed by atoms with Crippen molar-refractivity contribution in [2.24, 2.45) is 0 Å². The van der Waals surface area contributed by atoms with Crippen molar-refractivity contribution in [3.8, 4) is 22.8 Å². The number of hydrogen-bond acceptors (Lipinski definition) is 5. The van der Waals surface area contributed by atoms with Gasteiger partial charge in [0.25, 0.3) is 0 Å². The summed E-state index contributed by atoms with van der Waals surface area (Å²) >= 11 is 0. The van der Waals surface area contributed by atoms with E-state index in [1.54, 1.807) is 51.9 Å². The number of phenols is 1. The molecule has 0 radical (unpaired) electrons. The van der Waals surface area contributed by atoms with Crippen LogP contribution in [-0.2, 0) is 0 Å². The molecule has 1 N–H and O–H groups in total. The summed E-state index contributed by atoms with van der Waals surface area (Å²) in [5.74, 6) is 0.408. The number of fused-ring (bicyclic) bond motifs is 3. The van der Waals surface area contributed by atoms with Gasteiger partial charge in [-0.15, -0.1) is 10.2 Å². The lowest BCUT2D eigenvalue weighted by Gasteiger charge is -2.03. The molecule has 5 rings (SSSR count). The predicted octanol–water partition coefficient (Wildman–Crippen LogP) is 2.97. The number of nitrogens with zero attached hydrogens (tertiary/aromatic N) is 6. The zero-order valence-corrected chi connectivity index (χ0v) is 13.3. The highest BCUT2D eigenvalue weighted by atomic mass is 19.1. The van der Waals surface area contributed by atoms with Crippen molar-refractivity contribution in [2.75, 3.05) is 0 Å². The van der Waals surface area contributed by atoms with Crippen molar-refractivity contribution in [1.82, 2.24) is 29.4 Å². The van der Waals surface area contributed by atoms with Gasteiger partial charge in [-0.3, -0.25) is 4.40 Å². The fraction of sp³-hybridized carbons (Fsp3) is 0. The molecule has 0 aliphatic heterocycles. The molecule has 8 heteroatoms. The topological polar surface area (TPSA) is 81.1 Å². The maximum atomic E-state index is 13.2. The Bertz CT molecular complexity index is 1260. The molecule has 26 heavy (non-hydrogen) atoms. The summed E-state index contributed by atoms with van der Waals surface area (Å²) in [5.41, 5.74) is 2.62. The molecular formula is C18H11FN6O. The molecule has 0 unspecified atom stereocenters. The highest BCUT2D eigenvalue weighted by molar-refractivity contribution is 5.90. The minimum Gasteiger partial charge on any atom is -0.508 e. The van der Waals surface area contributed by atoms with Crippen molar-refractivity contribution < 1.29 is 9.50 Å². The monoisotopic (exact) mass is 346 g/mol. The van der Waals surface area contributed by atoms with Crippen LogP contribution in [0.3, 0.4) is 0 Å². The van der Waals surface area contributed by atoms with Crippen LogP contribution in [0.5, 0.6) is 5.75 Å². The zero-order chi connectivity index (χ0) is 17.7. The van der Waals surface area contributed by atoms with E-state index in [0.717, 1.165) is 10.9 Å². The van der Waals surface area contributed by atoms with E-state index in [4.69, 9.17) is 0 Å². The Labute approximate surface area is 146 Å². The van der Waals surface area contributed by atoms with Gasteiger partial charge < -0.3 is 5.11 Å². The molecule has 0 fully saturated rings. The smallest absolute Gasteiger partial charge is 0.175 e. The molecule has 3 heterocycles. The molecule has 0 aliphatic rings. The number of halogens is 1. The molecule has 0 atom stereocenters. The van der Waals surface area contributed by atoms with Gasteiger partial charge in [0.2, 0.25) is 0 Å². The van der Waals surface area contributed by atoms with Crippen LogP contribution in [0, 0.1) is 5.82 Å². The Balaban J connectivity index is 1.71. The van der Waals surface area contributed by atoms with E-state index < -0.39 is 0 Å². The molecule has 0 spiro atoms. The van der Waals surface area contributed by atoms with E-state index in [2.05, 4.69) is 20.3 Å². The van der Waals surface area contributed by atoms with Gasteiger partial charge in [-0.05, 0) is 36.4 Å². The summed E-state index contributed by atoms with van der Waals surface area (Å²) in [6, 6.07) is 12.8. The fourth-order valence-corrected chi connectivity index (χ4v) is 2.93. The lowest BCUT2D eigenvalue weighted by Crippen LogP contribution is -1.99. The molecule has 0 amide bonds. The van der Waals surface area contributed by atoms with E-state index in [-0.39, 0.29) is 11.6 Å². The second kappa shape index (κ2) is 5.35. The second-order valence-corrected chi connectivity index (χ2v) is 5.78. The number of aromatic hydroxyl groups is 1. The second-order valence-electron chi connectivity index (χ2n) is 5.78. The Morgan fingerprint density at radius 2 is 1.81 bits per heavy atom. The quantitative estimate of drug-likeness (QED) is 0.531. The Morgan fingerprint density at radius 1 is 0.962 bits per heavy atom. The normalized spacial score (nSPS) is 11.4. The summed E-state index contributed by atoms with van der Waals surface area (Å²) < 4.78 is 16.5. The summed E-state index contributed by atoms with van der Waals surface area (Å²) in [6.07, 6.45) is 3.26. The van der Waals surface area contributed by atoms with Crippen molar-refractivity contribution in [2.45, 2.75) is 0 Å². The van der Waals surface area contributed by atoms with Crippen molar-refractivity contribution >= 4 is 16.7 Å². The molecule has 0 bridgehead atoms. The van der Waals surface area contributed by atoms with Crippen LogP contribution in [0.1, 0.15) is 0 Å². The average molecular weight is 346 g/mol. The predicted molar refractivity (Wildman–Crippen MR) is 92.5 cm³/mol. The molecule has 0 saturated heterocycles. The summed E-state index contributed by atoms with van der Waals surface area (Å²) in [5, 5.41) is 23.2. The minimum atomic E-state index is -0.311. The third kappa shape index (κ3) is 2.12. The SMILES string of the molecule is Oc1cccc(-c2nnc3c4cnn(-c5ccc(F)cc5)c4ncn23)c1. The molecule has 7 nitrogen and oxygen atoms in total. The van der Waals surface area contributed by atoms with Crippen LogP contribution in [0.2, 0.25) is 0 Å². The molecule has 2 aromatic carbocycles. The van der Waals surface area contributed by atoms with E-state index in [9.17, 15) is 9.50 Å². The molecular weight excluding hydrogens is 335 g/mol. The van der Waals surface area contributed by atoms with Gasteiger partial charge >= 0.3 is 0 Å². The fourth-order valence-electron chi connectivity index (χ4n) is 2.93. The van der Waals surface area contributed by atoms with Gasteiger partial charge in [0, 0.05) is 5.56 Å². The largest absolute Gasteiger partial charge is 0.508 e. The maximum absolute atomic E-state index is 13.2. The first-order valence-corrected chi connectivity index (χ1v) is 7.83. The lowest BCUT2D eigenvalue weighted by atomic mass is 10.2. The highest BCUT2D eigenvalue weighted by Crippen LogP contribution is 2.25. The van der Waals surface area contributed by atoms with Crippen LogP contribution >= 0.6 is 0 Å². The summed E-state index contributed by atoms with van der Waals surface area (Å²) in [6.45, 7) is 0. The van der Waals surface area contributed by atoms with E-state index in [1.807, 2.05) is 6.07 Å². The Hall–Kier alpha value is -3.81. The first kappa shape index (κ1) is 14.5. The lowest BCUT2D eigenvalue weighted by molar-refractivity contribution is 0.475. The van der Waals surface area contributed by atoms with Gasteiger partial charge in [0.05, 0.1) is 17.3 Å². The Kier molecular flexibility index (Phi) is 2.99. The van der Waals surface area contributed by atoms with Crippen molar-refractivity contribution in [3.05, 3.63) is 66.9 Å².